The molecule has 0 saturated heterocycles. The van der Waals surface area contributed by atoms with Crippen molar-refractivity contribution in [3.8, 4) is 0 Å². The van der Waals surface area contributed by atoms with Crippen LogP contribution in [0, 0.1) is 0 Å². The minimum atomic E-state index is -1.83. The van der Waals surface area contributed by atoms with Crippen LogP contribution >= 0.6 is 0 Å². The van der Waals surface area contributed by atoms with Crippen molar-refractivity contribution in [3.63, 3.8) is 0 Å². The summed E-state index contributed by atoms with van der Waals surface area (Å²) < 4.78 is 0. The second-order valence-corrected chi connectivity index (χ2v) is 0.283. The van der Waals surface area contributed by atoms with Gasteiger partial charge in [0.15, 0.2) is 0 Å². The van der Waals surface area contributed by atoms with E-state index in [-0.39, 0.29) is 35.0 Å². The van der Waals surface area contributed by atoms with E-state index in [4.69, 9.17) is 25.5 Å². The van der Waals surface area contributed by atoms with Gasteiger partial charge in [-0.3, -0.25) is 10.5 Å². The van der Waals surface area contributed by atoms with Crippen LogP contribution in [0.5, 0.6) is 0 Å². The van der Waals surface area contributed by atoms with Crippen LogP contribution in [0.3, 0.4) is 0 Å². The fourth-order valence-corrected chi connectivity index (χ4v) is 0. The van der Waals surface area contributed by atoms with E-state index in [0.29, 0.717) is 0 Å². The summed E-state index contributed by atoms with van der Waals surface area (Å²) >= 11 is 0. The first-order valence-corrected chi connectivity index (χ1v) is 0.851. The molecule has 0 aromatic heterocycles. The Morgan fingerprint density at radius 2 is 1.12 bits per heavy atom. The first kappa shape index (κ1) is 24.2. The van der Waals surface area contributed by atoms with Crippen molar-refractivity contribution in [3.05, 3.63) is 0 Å². The van der Waals surface area contributed by atoms with Gasteiger partial charge in [-0.1, -0.05) is 0 Å². The predicted molar refractivity (Wildman–Crippen MR) is 26.7 cm³/mol. The summed E-state index contributed by atoms with van der Waals surface area (Å²) in [5.41, 5.74) is 0. The van der Waals surface area contributed by atoms with Crippen LogP contribution in [-0.2, 0) is 0 Å². The summed E-state index contributed by atoms with van der Waals surface area (Å²) in [6, 6.07) is 0. The molecule has 48 valence electrons. The van der Waals surface area contributed by atoms with Gasteiger partial charge in [0, 0.05) is 0 Å². The Balaban J connectivity index is -0.0000000183. The summed E-state index contributed by atoms with van der Waals surface area (Å²) in [6.07, 6.45) is -1.83. The Morgan fingerprint density at radius 1 is 1.12 bits per heavy atom. The summed E-state index contributed by atoms with van der Waals surface area (Å²) in [6.45, 7) is 0. The fourth-order valence-electron chi connectivity index (χ4n) is 0. The summed E-state index contributed by atoms with van der Waals surface area (Å²) in [4.78, 5) is 8.56. The molecule has 0 fully saturated rings. The van der Waals surface area contributed by atoms with Gasteiger partial charge in [0.25, 0.3) is 0 Å². The van der Waals surface area contributed by atoms with Crippen LogP contribution in [0.15, 0.2) is 0 Å². The zero-order chi connectivity index (χ0) is 5.58. The van der Waals surface area contributed by atoms with Gasteiger partial charge in [0.05, 0.1) is 0 Å². The van der Waals surface area contributed by atoms with Gasteiger partial charge >= 0.3 is 35.7 Å². The van der Waals surface area contributed by atoms with Gasteiger partial charge in [-0.25, -0.2) is 4.79 Å². The second kappa shape index (κ2) is 27.3. The maximum absolute atomic E-state index is 8.56. The van der Waals surface area contributed by atoms with E-state index in [2.05, 4.69) is 0 Å². The molecule has 0 saturated carbocycles. The SMILES string of the molecule is O.O=C(O)O.OO.[NaH]. The van der Waals surface area contributed by atoms with Gasteiger partial charge in [-0.15, -0.1) is 0 Å². The van der Waals surface area contributed by atoms with Crippen LogP contribution in [0.2, 0.25) is 0 Å². The van der Waals surface area contributed by atoms with E-state index in [0.717, 1.165) is 0 Å². The molecular weight excluding hydrogens is 131 g/mol. The molecule has 0 radical (unpaired) electrons. The van der Waals surface area contributed by atoms with Gasteiger partial charge in [-0.2, -0.15) is 0 Å². The summed E-state index contributed by atoms with van der Waals surface area (Å²) in [5.74, 6) is 0. The number of hydrogen-bond donors (Lipinski definition) is 4. The second-order valence-electron chi connectivity index (χ2n) is 0.283. The molecule has 6 nitrogen and oxygen atoms in total. The van der Waals surface area contributed by atoms with E-state index >= 15 is 0 Å². The van der Waals surface area contributed by atoms with Gasteiger partial charge in [0.2, 0.25) is 0 Å². The molecule has 0 amide bonds. The van der Waals surface area contributed by atoms with Gasteiger partial charge in [-0.05, 0) is 0 Å². The van der Waals surface area contributed by atoms with Crippen LogP contribution < -0.4 is 0 Å². The van der Waals surface area contributed by atoms with E-state index in [1.807, 2.05) is 0 Å². The number of hydrogen-bond acceptors (Lipinski definition) is 3. The third kappa shape index (κ3) is 7250. The van der Waals surface area contributed by atoms with E-state index < -0.39 is 6.16 Å². The zero-order valence-corrected chi connectivity index (χ0v) is 3.20. The van der Waals surface area contributed by atoms with Crippen LogP contribution in [0.4, 0.5) is 4.79 Å². The average Bonchev–Trinajstić information content (AvgIpc) is 1.41. The third-order valence-corrected chi connectivity index (χ3v) is 0. The molecule has 0 aliphatic heterocycles. The Labute approximate surface area is 66.9 Å². The van der Waals surface area contributed by atoms with Crippen molar-refractivity contribution in [2.24, 2.45) is 0 Å². The quantitative estimate of drug-likeness (QED) is 0.189. The molecule has 0 aliphatic rings. The van der Waals surface area contributed by atoms with E-state index in [9.17, 15) is 0 Å². The van der Waals surface area contributed by atoms with Gasteiger partial charge < -0.3 is 15.7 Å². The first-order valence-electron chi connectivity index (χ1n) is 0.851. The van der Waals surface area contributed by atoms with Crippen molar-refractivity contribution < 1.29 is 31.0 Å². The standard InChI is InChI=1S/CH2O3.Na.H2O2.H2O.H/c2-1(3)4;;1-2;;/h(H2,2,3,4);;1-2H;1H2;. The first-order chi connectivity index (χ1) is 2.73. The predicted octanol–water partition coefficient (Wildman–Crippen LogP) is -1.23. The molecule has 0 heterocycles. The molecule has 0 atom stereocenters. The Bertz CT molecular complexity index is 31.5. The molecule has 0 spiro atoms. The topological polar surface area (TPSA) is 129 Å². The monoisotopic (exact) mass is 138 g/mol. The van der Waals surface area contributed by atoms with Crippen molar-refractivity contribution >= 4 is 35.7 Å². The summed E-state index contributed by atoms with van der Waals surface area (Å²) in [5, 5.41) is 25.9. The number of carboxylic acid groups (broad SMARTS) is 2. The minimum absolute atomic E-state index is 0. The Hall–Kier alpha value is 0.150. The maximum atomic E-state index is 8.56. The fraction of sp³-hybridized carbons (Fsp3) is 0. The van der Waals surface area contributed by atoms with Crippen molar-refractivity contribution in [1.29, 1.82) is 0 Å². The third-order valence-electron chi connectivity index (χ3n) is 0. The Kier molecular flexibility index (Phi) is 82.4. The molecule has 0 aliphatic carbocycles. The molecule has 0 unspecified atom stereocenters. The number of carbonyl (C=O) groups is 1. The van der Waals surface area contributed by atoms with Crippen LogP contribution in [-0.4, -0.2) is 61.9 Å². The molecule has 0 bridgehead atoms. The van der Waals surface area contributed by atoms with Crippen LogP contribution in [0.25, 0.3) is 0 Å². The molecule has 7 heteroatoms. The molecule has 6 N–H and O–H groups in total. The molecule has 0 rings (SSSR count). The van der Waals surface area contributed by atoms with Gasteiger partial charge in [0.1, 0.15) is 0 Å². The normalized spacial score (nSPS) is 3.75. The van der Waals surface area contributed by atoms with Crippen molar-refractivity contribution in [1.82, 2.24) is 0 Å². The molecule has 0 aromatic rings. The van der Waals surface area contributed by atoms with Crippen LogP contribution in [0.1, 0.15) is 0 Å². The summed E-state index contributed by atoms with van der Waals surface area (Å²) in [7, 11) is 0. The molecule has 0 aromatic carbocycles. The average molecular weight is 138 g/mol. The molecular formula is CH7NaO6. The van der Waals surface area contributed by atoms with Crippen molar-refractivity contribution in [2.75, 3.05) is 0 Å². The number of rotatable bonds is 0. The van der Waals surface area contributed by atoms with Crippen molar-refractivity contribution in [2.45, 2.75) is 0 Å². The Morgan fingerprint density at radius 3 is 1.12 bits per heavy atom. The zero-order valence-electron chi connectivity index (χ0n) is 3.20. The van der Waals surface area contributed by atoms with E-state index in [1.165, 1.54) is 0 Å². The van der Waals surface area contributed by atoms with E-state index in [1.54, 1.807) is 0 Å². The molecule has 8 heavy (non-hydrogen) atoms.